The number of hydrogen-bond donors (Lipinski definition) is 2. The third-order valence-corrected chi connectivity index (χ3v) is 3.65. The van der Waals surface area contributed by atoms with Gasteiger partial charge in [0.2, 0.25) is 0 Å². The van der Waals surface area contributed by atoms with Crippen LogP contribution in [0.15, 0.2) is 48.7 Å². The van der Waals surface area contributed by atoms with Crippen LogP contribution >= 0.6 is 11.6 Å². The van der Waals surface area contributed by atoms with Gasteiger partial charge in [-0.3, -0.25) is 0 Å². The summed E-state index contributed by atoms with van der Waals surface area (Å²) in [6, 6.07) is 13.5. The molecule has 19 heavy (non-hydrogen) atoms. The molecule has 0 radical (unpaired) electrons. The summed E-state index contributed by atoms with van der Waals surface area (Å²) in [5.74, 6) is 0. The summed E-state index contributed by atoms with van der Waals surface area (Å²) < 4.78 is 0. The number of halogens is 1. The minimum absolute atomic E-state index is 0.628. The highest BCUT2D eigenvalue weighted by Gasteiger charge is 2.13. The maximum Gasteiger partial charge on any atom is 0.104 e. The topological polar surface area (TPSA) is 36.0 Å². The van der Waals surface area contributed by atoms with E-state index in [9.17, 15) is 5.11 Å². The van der Waals surface area contributed by atoms with Crippen LogP contribution in [0.1, 0.15) is 22.8 Å². The molecule has 1 aromatic heterocycles. The van der Waals surface area contributed by atoms with Crippen molar-refractivity contribution in [3.8, 4) is 0 Å². The molecule has 0 saturated heterocycles. The summed E-state index contributed by atoms with van der Waals surface area (Å²) in [6.45, 7) is 1.96. The standard InChI is InChI=1S/C16H14ClNO/c1-10-8-13(17)3-4-14(10)16(19)12-2-5-15-11(9-12)6-7-18-15/h2-9,16,18-19H,1H3. The fourth-order valence-corrected chi connectivity index (χ4v) is 2.59. The van der Waals surface area contributed by atoms with Crippen LogP contribution < -0.4 is 0 Å². The second kappa shape index (κ2) is 4.72. The van der Waals surface area contributed by atoms with Gasteiger partial charge in [-0.2, -0.15) is 0 Å². The van der Waals surface area contributed by atoms with Crippen molar-refractivity contribution >= 4 is 22.5 Å². The van der Waals surface area contributed by atoms with Gasteiger partial charge in [0.25, 0.3) is 0 Å². The summed E-state index contributed by atoms with van der Waals surface area (Å²) in [6.07, 6.45) is 1.27. The Labute approximate surface area is 116 Å². The zero-order valence-electron chi connectivity index (χ0n) is 10.5. The van der Waals surface area contributed by atoms with E-state index in [0.717, 1.165) is 27.6 Å². The first kappa shape index (κ1) is 12.3. The summed E-state index contributed by atoms with van der Waals surface area (Å²) in [7, 11) is 0. The van der Waals surface area contributed by atoms with Crippen LogP contribution in [0, 0.1) is 6.92 Å². The first-order valence-corrected chi connectivity index (χ1v) is 6.54. The zero-order valence-corrected chi connectivity index (χ0v) is 11.3. The van der Waals surface area contributed by atoms with Gasteiger partial charge in [-0.15, -0.1) is 0 Å². The molecular weight excluding hydrogens is 258 g/mol. The van der Waals surface area contributed by atoms with Crippen LogP contribution in [-0.2, 0) is 0 Å². The van der Waals surface area contributed by atoms with Gasteiger partial charge < -0.3 is 10.1 Å². The lowest BCUT2D eigenvalue weighted by atomic mass is 9.97. The van der Waals surface area contributed by atoms with Crippen molar-refractivity contribution in [3.63, 3.8) is 0 Å². The number of nitrogens with one attached hydrogen (secondary N) is 1. The Hall–Kier alpha value is -1.77. The van der Waals surface area contributed by atoms with Crippen molar-refractivity contribution in [1.29, 1.82) is 0 Å². The van der Waals surface area contributed by atoms with E-state index in [4.69, 9.17) is 11.6 Å². The molecule has 2 nitrogen and oxygen atoms in total. The van der Waals surface area contributed by atoms with Crippen molar-refractivity contribution in [2.45, 2.75) is 13.0 Å². The lowest BCUT2D eigenvalue weighted by molar-refractivity contribution is 0.219. The molecule has 96 valence electrons. The van der Waals surface area contributed by atoms with Crippen LogP contribution in [-0.4, -0.2) is 10.1 Å². The fraction of sp³-hybridized carbons (Fsp3) is 0.125. The zero-order chi connectivity index (χ0) is 13.4. The molecule has 3 rings (SSSR count). The molecule has 1 unspecified atom stereocenters. The predicted octanol–water partition coefficient (Wildman–Crippen LogP) is 4.21. The van der Waals surface area contributed by atoms with E-state index in [-0.39, 0.29) is 0 Å². The Morgan fingerprint density at radius 2 is 1.95 bits per heavy atom. The van der Waals surface area contributed by atoms with Crippen LogP contribution in [0.2, 0.25) is 5.02 Å². The summed E-state index contributed by atoms with van der Waals surface area (Å²) in [5.41, 5.74) is 3.84. The molecule has 3 aromatic rings. The number of H-pyrrole nitrogens is 1. The van der Waals surface area contributed by atoms with Crippen molar-refractivity contribution in [2.75, 3.05) is 0 Å². The second-order valence-electron chi connectivity index (χ2n) is 4.73. The van der Waals surface area contributed by atoms with Gasteiger partial charge in [-0.05, 0) is 59.3 Å². The molecule has 0 aliphatic heterocycles. The van der Waals surface area contributed by atoms with E-state index in [1.54, 1.807) is 0 Å². The quantitative estimate of drug-likeness (QED) is 0.720. The van der Waals surface area contributed by atoms with E-state index in [1.807, 2.05) is 55.6 Å². The number of aromatic amines is 1. The van der Waals surface area contributed by atoms with E-state index in [0.29, 0.717) is 5.02 Å². The molecule has 0 aliphatic rings. The molecular formula is C16H14ClNO. The maximum absolute atomic E-state index is 10.5. The Morgan fingerprint density at radius 3 is 2.74 bits per heavy atom. The Morgan fingerprint density at radius 1 is 1.11 bits per heavy atom. The number of fused-ring (bicyclic) bond motifs is 1. The van der Waals surface area contributed by atoms with Gasteiger partial charge >= 0.3 is 0 Å². The predicted molar refractivity (Wildman–Crippen MR) is 78.5 cm³/mol. The number of hydrogen-bond acceptors (Lipinski definition) is 1. The number of aliphatic hydroxyl groups excluding tert-OH is 1. The molecule has 0 fully saturated rings. The number of aliphatic hydroxyl groups is 1. The lowest BCUT2D eigenvalue weighted by Crippen LogP contribution is -2.01. The van der Waals surface area contributed by atoms with E-state index in [2.05, 4.69) is 4.98 Å². The average Bonchev–Trinajstić information content (AvgIpc) is 2.85. The third kappa shape index (κ3) is 2.25. The number of aryl methyl sites for hydroxylation is 1. The Balaban J connectivity index is 2.04. The largest absolute Gasteiger partial charge is 0.384 e. The number of rotatable bonds is 2. The van der Waals surface area contributed by atoms with Gasteiger partial charge in [-0.1, -0.05) is 23.7 Å². The SMILES string of the molecule is Cc1cc(Cl)ccc1C(O)c1ccc2[nH]ccc2c1. The molecule has 3 heteroatoms. The third-order valence-electron chi connectivity index (χ3n) is 3.42. The molecule has 0 spiro atoms. The molecule has 0 saturated carbocycles. The van der Waals surface area contributed by atoms with Crippen LogP contribution in [0.4, 0.5) is 0 Å². The van der Waals surface area contributed by atoms with Gasteiger partial charge in [-0.25, -0.2) is 0 Å². The minimum Gasteiger partial charge on any atom is -0.384 e. The van der Waals surface area contributed by atoms with E-state index >= 15 is 0 Å². The summed E-state index contributed by atoms with van der Waals surface area (Å²) >= 11 is 5.95. The lowest BCUT2D eigenvalue weighted by Gasteiger charge is -2.14. The highest BCUT2D eigenvalue weighted by Crippen LogP contribution is 2.28. The molecule has 1 atom stereocenters. The summed E-state index contributed by atoms with van der Waals surface area (Å²) in [4.78, 5) is 3.15. The van der Waals surface area contributed by atoms with Crippen molar-refractivity contribution < 1.29 is 5.11 Å². The Kier molecular flexibility index (Phi) is 3.05. The van der Waals surface area contributed by atoms with Gasteiger partial charge in [0.1, 0.15) is 6.10 Å². The molecule has 1 heterocycles. The van der Waals surface area contributed by atoms with Crippen molar-refractivity contribution in [2.24, 2.45) is 0 Å². The van der Waals surface area contributed by atoms with Crippen molar-refractivity contribution in [3.05, 3.63) is 70.4 Å². The highest BCUT2D eigenvalue weighted by atomic mass is 35.5. The monoisotopic (exact) mass is 271 g/mol. The highest BCUT2D eigenvalue weighted by molar-refractivity contribution is 6.30. The minimum atomic E-state index is -0.628. The second-order valence-corrected chi connectivity index (χ2v) is 5.16. The van der Waals surface area contributed by atoms with Crippen molar-refractivity contribution in [1.82, 2.24) is 4.98 Å². The maximum atomic E-state index is 10.5. The van der Waals surface area contributed by atoms with Crippen LogP contribution in [0.3, 0.4) is 0 Å². The first-order valence-electron chi connectivity index (χ1n) is 6.16. The number of benzene rings is 2. The van der Waals surface area contributed by atoms with Crippen LogP contribution in [0.25, 0.3) is 10.9 Å². The van der Waals surface area contributed by atoms with Gasteiger partial charge in [0, 0.05) is 16.7 Å². The normalized spacial score (nSPS) is 12.8. The smallest absolute Gasteiger partial charge is 0.104 e. The van der Waals surface area contributed by atoms with Crippen LogP contribution in [0.5, 0.6) is 0 Å². The Bertz CT molecular complexity index is 732. The van der Waals surface area contributed by atoms with Gasteiger partial charge in [0.15, 0.2) is 0 Å². The molecule has 2 N–H and O–H groups in total. The average molecular weight is 272 g/mol. The molecule has 0 aliphatic carbocycles. The molecule has 2 aromatic carbocycles. The molecule has 0 amide bonds. The fourth-order valence-electron chi connectivity index (χ4n) is 2.37. The first-order chi connectivity index (χ1) is 9.15. The summed E-state index contributed by atoms with van der Waals surface area (Å²) in [5, 5.41) is 12.3. The molecule has 0 bridgehead atoms. The van der Waals surface area contributed by atoms with E-state index in [1.165, 1.54) is 0 Å². The van der Waals surface area contributed by atoms with E-state index < -0.39 is 6.10 Å². The van der Waals surface area contributed by atoms with Gasteiger partial charge in [0.05, 0.1) is 0 Å². The number of aromatic nitrogens is 1.